The highest BCUT2D eigenvalue weighted by molar-refractivity contribution is 4.92. The quantitative estimate of drug-likeness (QED) is 0.843. The lowest BCUT2D eigenvalue weighted by molar-refractivity contribution is -0.0724. The molecule has 1 aliphatic carbocycles. The van der Waals surface area contributed by atoms with Crippen LogP contribution in [0, 0.1) is 5.92 Å². The first kappa shape index (κ1) is 15.8. The highest BCUT2D eigenvalue weighted by atomic mass is 16.5. The minimum atomic E-state index is 0.289. The predicted molar refractivity (Wildman–Crippen MR) is 87.6 cm³/mol. The van der Waals surface area contributed by atoms with Crippen LogP contribution in [0.25, 0.3) is 0 Å². The Balaban J connectivity index is 1.45. The van der Waals surface area contributed by atoms with Gasteiger partial charge in [-0.2, -0.15) is 0 Å². The van der Waals surface area contributed by atoms with Crippen molar-refractivity contribution < 1.29 is 4.74 Å². The van der Waals surface area contributed by atoms with Crippen molar-refractivity contribution in [1.82, 2.24) is 10.2 Å². The van der Waals surface area contributed by atoms with Crippen LogP contribution >= 0.6 is 0 Å². The van der Waals surface area contributed by atoms with Crippen molar-refractivity contribution in [2.24, 2.45) is 5.92 Å². The van der Waals surface area contributed by atoms with E-state index in [9.17, 15) is 0 Å². The molecule has 2 heterocycles. The van der Waals surface area contributed by atoms with E-state index in [0.717, 1.165) is 5.92 Å². The van der Waals surface area contributed by atoms with E-state index in [4.69, 9.17) is 4.74 Å². The smallest absolute Gasteiger partial charge is 0.0710 e. The van der Waals surface area contributed by atoms with Gasteiger partial charge in [-0.25, -0.2) is 0 Å². The first-order valence-corrected chi connectivity index (χ1v) is 9.40. The monoisotopic (exact) mass is 294 g/mol. The average Bonchev–Trinajstić information content (AvgIpc) is 2.90. The Morgan fingerprint density at radius 1 is 1.00 bits per heavy atom. The van der Waals surface area contributed by atoms with Crippen molar-refractivity contribution in [3.05, 3.63) is 0 Å². The van der Waals surface area contributed by atoms with Crippen LogP contribution in [0.2, 0.25) is 0 Å². The van der Waals surface area contributed by atoms with Crippen molar-refractivity contribution >= 4 is 0 Å². The highest BCUT2D eigenvalue weighted by Gasteiger charge is 2.41. The van der Waals surface area contributed by atoms with Crippen molar-refractivity contribution in [2.75, 3.05) is 32.7 Å². The number of rotatable bonds is 5. The Hall–Kier alpha value is -0.120. The van der Waals surface area contributed by atoms with Crippen molar-refractivity contribution in [2.45, 2.75) is 76.4 Å². The minimum absolute atomic E-state index is 0.289. The molecule has 2 saturated heterocycles. The van der Waals surface area contributed by atoms with Gasteiger partial charge in [-0.3, -0.25) is 0 Å². The Morgan fingerprint density at radius 3 is 2.48 bits per heavy atom. The topological polar surface area (TPSA) is 24.5 Å². The van der Waals surface area contributed by atoms with Crippen LogP contribution in [0.4, 0.5) is 0 Å². The molecule has 1 spiro atoms. The second-order valence-electron chi connectivity index (χ2n) is 7.57. The maximum absolute atomic E-state index is 6.56. The van der Waals surface area contributed by atoms with Gasteiger partial charge in [0.1, 0.15) is 0 Å². The molecule has 0 aromatic carbocycles. The van der Waals surface area contributed by atoms with Gasteiger partial charge < -0.3 is 15.0 Å². The molecule has 0 aromatic heterocycles. The lowest BCUT2D eigenvalue weighted by atomic mass is 9.83. The zero-order valence-corrected chi connectivity index (χ0v) is 13.9. The highest BCUT2D eigenvalue weighted by Crippen LogP contribution is 2.42. The van der Waals surface area contributed by atoms with E-state index in [1.807, 2.05) is 0 Å². The fourth-order valence-corrected chi connectivity index (χ4v) is 4.64. The molecular formula is C18H34N2O. The first-order chi connectivity index (χ1) is 10.3. The molecule has 0 radical (unpaired) electrons. The largest absolute Gasteiger partial charge is 0.370 e. The van der Waals surface area contributed by atoms with Gasteiger partial charge in [-0.1, -0.05) is 26.2 Å². The van der Waals surface area contributed by atoms with Crippen LogP contribution in [0.15, 0.2) is 0 Å². The molecule has 0 aromatic rings. The Morgan fingerprint density at radius 2 is 1.76 bits per heavy atom. The molecule has 1 atom stereocenters. The summed E-state index contributed by atoms with van der Waals surface area (Å²) in [5, 5.41) is 3.47. The summed E-state index contributed by atoms with van der Waals surface area (Å²) in [6.45, 7) is 8.37. The summed E-state index contributed by atoms with van der Waals surface area (Å²) in [7, 11) is 0. The van der Waals surface area contributed by atoms with Crippen molar-refractivity contribution in [1.29, 1.82) is 0 Å². The summed E-state index contributed by atoms with van der Waals surface area (Å²) in [4.78, 5) is 2.66. The normalized spacial score (nSPS) is 30.3. The van der Waals surface area contributed by atoms with E-state index < -0.39 is 0 Å². The first-order valence-electron chi connectivity index (χ1n) is 9.40. The Kier molecular flexibility index (Phi) is 5.58. The summed E-state index contributed by atoms with van der Waals surface area (Å²) >= 11 is 0. The molecule has 2 aliphatic heterocycles. The SMILES string of the molecule is CCN(CC1CCNCC1)CC1CCC2(CCCCC2)O1. The summed E-state index contributed by atoms with van der Waals surface area (Å²) in [5.74, 6) is 0.899. The molecule has 122 valence electrons. The van der Waals surface area contributed by atoms with E-state index in [0.29, 0.717) is 6.10 Å². The summed E-state index contributed by atoms with van der Waals surface area (Å²) in [5.41, 5.74) is 0.289. The van der Waals surface area contributed by atoms with Gasteiger partial charge >= 0.3 is 0 Å². The van der Waals surface area contributed by atoms with E-state index in [1.54, 1.807) is 0 Å². The minimum Gasteiger partial charge on any atom is -0.370 e. The van der Waals surface area contributed by atoms with E-state index in [-0.39, 0.29) is 5.60 Å². The van der Waals surface area contributed by atoms with Gasteiger partial charge in [0.25, 0.3) is 0 Å². The molecule has 0 amide bonds. The van der Waals surface area contributed by atoms with E-state index in [1.165, 1.54) is 90.5 Å². The number of ether oxygens (including phenoxy) is 1. The number of hydrogen-bond acceptors (Lipinski definition) is 3. The van der Waals surface area contributed by atoms with Gasteiger partial charge in [0, 0.05) is 13.1 Å². The van der Waals surface area contributed by atoms with E-state index >= 15 is 0 Å². The van der Waals surface area contributed by atoms with Crippen LogP contribution in [0.5, 0.6) is 0 Å². The number of nitrogens with zero attached hydrogens (tertiary/aromatic N) is 1. The lowest BCUT2D eigenvalue weighted by Crippen LogP contribution is -2.40. The third-order valence-electron chi connectivity index (χ3n) is 5.99. The van der Waals surface area contributed by atoms with Crippen molar-refractivity contribution in [3.63, 3.8) is 0 Å². The van der Waals surface area contributed by atoms with Gasteiger partial charge in [0.2, 0.25) is 0 Å². The predicted octanol–water partition coefficient (Wildman–Crippen LogP) is 3.19. The van der Waals surface area contributed by atoms with Crippen LogP contribution in [0.3, 0.4) is 0 Å². The van der Waals surface area contributed by atoms with Crippen LogP contribution in [0.1, 0.15) is 64.7 Å². The molecule has 3 nitrogen and oxygen atoms in total. The Labute approximate surface area is 130 Å². The van der Waals surface area contributed by atoms with Gasteiger partial charge in [-0.05, 0) is 64.1 Å². The Bertz CT molecular complexity index is 308. The third-order valence-corrected chi connectivity index (χ3v) is 5.99. The van der Waals surface area contributed by atoms with Crippen LogP contribution in [-0.2, 0) is 4.74 Å². The molecular weight excluding hydrogens is 260 g/mol. The fourth-order valence-electron chi connectivity index (χ4n) is 4.64. The second kappa shape index (κ2) is 7.43. The molecule has 3 aliphatic rings. The van der Waals surface area contributed by atoms with Gasteiger partial charge in [0.15, 0.2) is 0 Å². The molecule has 1 N–H and O–H groups in total. The van der Waals surface area contributed by atoms with Crippen molar-refractivity contribution in [3.8, 4) is 0 Å². The van der Waals surface area contributed by atoms with Crippen LogP contribution < -0.4 is 5.32 Å². The average molecular weight is 294 g/mol. The molecule has 0 bridgehead atoms. The lowest BCUT2D eigenvalue weighted by Gasteiger charge is -2.35. The van der Waals surface area contributed by atoms with E-state index in [2.05, 4.69) is 17.1 Å². The summed E-state index contributed by atoms with van der Waals surface area (Å²) in [6.07, 6.45) is 12.7. The maximum Gasteiger partial charge on any atom is 0.0710 e. The maximum atomic E-state index is 6.56. The third kappa shape index (κ3) is 4.20. The number of piperidine rings is 1. The number of hydrogen-bond donors (Lipinski definition) is 1. The van der Waals surface area contributed by atoms with Gasteiger partial charge in [0.05, 0.1) is 11.7 Å². The zero-order chi connectivity index (χ0) is 14.5. The number of likely N-dealkylation sites (N-methyl/N-ethyl adjacent to an activating group) is 1. The fraction of sp³-hybridized carbons (Fsp3) is 1.00. The molecule has 1 saturated carbocycles. The standard InChI is InChI=1S/C18H34N2O/c1-2-20(14-16-7-12-19-13-8-16)15-17-6-11-18(21-17)9-4-3-5-10-18/h16-17,19H,2-15H2,1H3. The second-order valence-corrected chi connectivity index (χ2v) is 7.57. The summed E-state index contributed by atoms with van der Waals surface area (Å²) in [6, 6.07) is 0. The zero-order valence-electron chi connectivity index (χ0n) is 13.9. The number of nitrogens with one attached hydrogen (secondary N) is 1. The molecule has 21 heavy (non-hydrogen) atoms. The molecule has 3 rings (SSSR count). The summed E-state index contributed by atoms with van der Waals surface area (Å²) < 4.78 is 6.56. The molecule has 3 heteroatoms. The molecule has 1 unspecified atom stereocenters. The molecule has 3 fully saturated rings. The van der Waals surface area contributed by atoms with Crippen LogP contribution in [-0.4, -0.2) is 49.3 Å². The van der Waals surface area contributed by atoms with Gasteiger partial charge in [-0.15, -0.1) is 0 Å².